The topological polar surface area (TPSA) is 40.5 Å². The zero-order valence-electron chi connectivity index (χ0n) is 19.6. The van der Waals surface area contributed by atoms with Crippen LogP contribution in [0.25, 0.3) is 0 Å². The van der Waals surface area contributed by atoms with Crippen molar-refractivity contribution in [1.29, 1.82) is 0 Å². The van der Waals surface area contributed by atoms with Crippen LogP contribution < -0.4 is 0 Å². The molecule has 5 aliphatic rings. The summed E-state index contributed by atoms with van der Waals surface area (Å²) in [5.74, 6) is 3.07. The van der Waals surface area contributed by atoms with Crippen LogP contribution in [-0.4, -0.2) is 41.0 Å². The first-order valence-corrected chi connectivity index (χ1v) is 12.9. The van der Waals surface area contributed by atoms with Crippen molar-refractivity contribution in [1.82, 2.24) is 4.90 Å². The Morgan fingerprint density at radius 2 is 1.80 bits per heavy atom. The summed E-state index contributed by atoms with van der Waals surface area (Å²) in [5.41, 5.74) is 1.43. The molecular weight excluding hydrogens is 370 g/mol. The highest BCUT2D eigenvalue weighted by atomic mass is 16.3. The summed E-state index contributed by atoms with van der Waals surface area (Å²) in [6, 6.07) is 0. The number of piperidine rings is 1. The number of nitrogens with zero attached hydrogens (tertiary/aromatic N) is 1. The quantitative estimate of drug-likeness (QED) is 0.676. The van der Waals surface area contributed by atoms with E-state index in [0.29, 0.717) is 11.7 Å². The molecule has 0 spiro atoms. The lowest BCUT2D eigenvalue weighted by molar-refractivity contribution is -0.122. The van der Waals surface area contributed by atoms with Gasteiger partial charge in [-0.2, -0.15) is 0 Å². The Balaban J connectivity index is 1.36. The van der Waals surface area contributed by atoms with Gasteiger partial charge in [-0.25, -0.2) is 0 Å². The van der Waals surface area contributed by atoms with Crippen molar-refractivity contribution in [3.63, 3.8) is 0 Å². The average molecular weight is 414 g/mol. The lowest BCUT2D eigenvalue weighted by atomic mass is 9.46. The number of hydrogen-bond acceptors (Lipinski definition) is 3. The fourth-order valence-corrected chi connectivity index (χ4v) is 9.26. The van der Waals surface area contributed by atoms with Crippen molar-refractivity contribution in [2.75, 3.05) is 19.6 Å². The fourth-order valence-electron chi connectivity index (χ4n) is 9.26. The molecule has 0 aromatic heterocycles. The number of fused-ring (bicyclic) bond motifs is 5. The van der Waals surface area contributed by atoms with Gasteiger partial charge < -0.3 is 10.0 Å². The minimum atomic E-state index is -0.575. The molecule has 7 atom stereocenters. The first kappa shape index (κ1) is 21.2. The van der Waals surface area contributed by atoms with Crippen molar-refractivity contribution in [2.45, 2.75) is 97.0 Å². The monoisotopic (exact) mass is 413 g/mol. The third-order valence-electron chi connectivity index (χ3n) is 10.7. The second-order valence-electron chi connectivity index (χ2n) is 12.3. The second-order valence-corrected chi connectivity index (χ2v) is 12.3. The summed E-state index contributed by atoms with van der Waals surface area (Å²) in [6.07, 6.45) is 15.2. The van der Waals surface area contributed by atoms with E-state index in [2.05, 4.69) is 25.7 Å². The Morgan fingerprint density at radius 1 is 1.03 bits per heavy atom. The number of ketones is 1. The molecule has 5 rings (SSSR count). The van der Waals surface area contributed by atoms with Gasteiger partial charge in [0.15, 0.2) is 5.78 Å². The van der Waals surface area contributed by atoms with E-state index in [4.69, 9.17) is 0 Å². The molecule has 30 heavy (non-hydrogen) atoms. The SMILES string of the molecule is CC(O)(CN1CCCCC1)C1CCC2C3CCC4=CC(=O)CCC4(C)C3CCC21C. The molecule has 4 aliphatic carbocycles. The van der Waals surface area contributed by atoms with Crippen molar-refractivity contribution in [3.05, 3.63) is 11.6 Å². The maximum atomic E-state index is 12.1. The lowest BCUT2D eigenvalue weighted by Crippen LogP contribution is -2.55. The molecule has 0 aromatic carbocycles. The number of rotatable bonds is 3. The van der Waals surface area contributed by atoms with Gasteiger partial charge in [-0.3, -0.25) is 4.79 Å². The molecular formula is C27H43NO2. The number of carbonyl (C=O) groups excluding carboxylic acids is 1. The molecule has 4 fully saturated rings. The highest BCUT2D eigenvalue weighted by molar-refractivity contribution is 5.91. The van der Waals surface area contributed by atoms with Crippen LogP contribution in [0.1, 0.15) is 91.4 Å². The first-order chi connectivity index (χ1) is 14.2. The fraction of sp³-hybridized carbons (Fsp3) is 0.889. The minimum absolute atomic E-state index is 0.257. The molecule has 3 heteroatoms. The van der Waals surface area contributed by atoms with Crippen molar-refractivity contribution >= 4 is 5.78 Å². The molecule has 3 nitrogen and oxygen atoms in total. The van der Waals surface area contributed by atoms with Gasteiger partial charge in [0.1, 0.15) is 0 Å². The van der Waals surface area contributed by atoms with E-state index in [9.17, 15) is 9.90 Å². The Hall–Kier alpha value is -0.670. The van der Waals surface area contributed by atoms with E-state index in [-0.39, 0.29) is 10.8 Å². The largest absolute Gasteiger partial charge is 0.389 e. The van der Waals surface area contributed by atoms with Gasteiger partial charge in [-0.15, -0.1) is 0 Å². The number of allylic oxidation sites excluding steroid dienone is 1. The van der Waals surface area contributed by atoms with Crippen LogP contribution in [0.4, 0.5) is 0 Å². The minimum Gasteiger partial charge on any atom is -0.389 e. The van der Waals surface area contributed by atoms with Crippen molar-refractivity contribution in [2.24, 2.45) is 34.5 Å². The second kappa shape index (κ2) is 7.44. The summed E-state index contributed by atoms with van der Waals surface area (Å²) in [4.78, 5) is 14.6. The van der Waals surface area contributed by atoms with E-state index >= 15 is 0 Å². The van der Waals surface area contributed by atoms with Crippen LogP contribution in [0.5, 0.6) is 0 Å². The molecule has 0 bridgehead atoms. The summed E-state index contributed by atoms with van der Waals surface area (Å²) in [5, 5.41) is 11.7. The summed E-state index contributed by atoms with van der Waals surface area (Å²) >= 11 is 0. The van der Waals surface area contributed by atoms with Crippen LogP contribution >= 0.6 is 0 Å². The smallest absolute Gasteiger partial charge is 0.155 e. The average Bonchev–Trinajstić information content (AvgIpc) is 3.07. The molecule has 1 aliphatic heterocycles. The molecule has 0 radical (unpaired) electrons. The predicted molar refractivity (Wildman–Crippen MR) is 121 cm³/mol. The summed E-state index contributed by atoms with van der Waals surface area (Å²) in [7, 11) is 0. The number of β-amino-alcohol motifs (C(OH)–C–C–N with tert-alkyl or cyclic N) is 1. The Bertz CT molecular complexity index is 720. The van der Waals surface area contributed by atoms with E-state index in [1.165, 1.54) is 70.0 Å². The molecule has 168 valence electrons. The van der Waals surface area contributed by atoms with Gasteiger partial charge in [0.25, 0.3) is 0 Å². The standard InChI is InChI=1S/C27H43NO2/c1-25-13-11-20(29)17-19(25)7-8-21-22-9-10-24(26(22,2)14-12-23(21)25)27(3,30)18-28-15-5-4-6-16-28/h17,21-24,30H,4-16,18H2,1-3H3. The van der Waals surface area contributed by atoms with Crippen molar-refractivity contribution < 1.29 is 9.90 Å². The number of carbonyl (C=O) groups is 1. The van der Waals surface area contributed by atoms with Crippen LogP contribution in [-0.2, 0) is 4.79 Å². The zero-order chi connectivity index (χ0) is 21.1. The van der Waals surface area contributed by atoms with E-state index in [1.807, 2.05) is 6.08 Å². The number of aliphatic hydroxyl groups is 1. The molecule has 1 heterocycles. The molecule has 1 saturated heterocycles. The van der Waals surface area contributed by atoms with Gasteiger partial charge in [-0.05, 0) is 118 Å². The summed E-state index contributed by atoms with van der Waals surface area (Å²) < 4.78 is 0. The van der Waals surface area contributed by atoms with Crippen LogP contribution in [0.15, 0.2) is 11.6 Å². The van der Waals surface area contributed by atoms with E-state index in [1.54, 1.807) is 0 Å². The Kier molecular flexibility index (Phi) is 5.26. The maximum Gasteiger partial charge on any atom is 0.155 e. The Labute approximate surface area is 183 Å². The normalized spacial score (nSPS) is 46.4. The van der Waals surface area contributed by atoms with Crippen LogP contribution in [0.3, 0.4) is 0 Å². The third kappa shape index (κ3) is 3.25. The van der Waals surface area contributed by atoms with Gasteiger partial charge in [-0.1, -0.05) is 25.8 Å². The van der Waals surface area contributed by atoms with Crippen LogP contribution in [0.2, 0.25) is 0 Å². The van der Waals surface area contributed by atoms with Crippen molar-refractivity contribution in [3.8, 4) is 0 Å². The van der Waals surface area contributed by atoms with Gasteiger partial charge in [0.05, 0.1) is 5.60 Å². The predicted octanol–water partition coefficient (Wildman–Crippen LogP) is 5.37. The van der Waals surface area contributed by atoms with Crippen LogP contribution in [0, 0.1) is 34.5 Å². The highest BCUT2D eigenvalue weighted by Gasteiger charge is 2.61. The maximum absolute atomic E-state index is 12.1. The van der Waals surface area contributed by atoms with E-state index in [0.717, 1.165) is 43.6 Å². The van der Waals surface area contributed by atoms with Gasteiger partial charge >= 0.3 is 0 Å². The third-order valence-corrected chi connectivity index (χ3v) is 10.7. The molecule has 0 aromatic rings. The van der Waals surface area contributed by atoms with Gasteiger partial charge in [0, 0.05) is 13.0 Å². The zero-order valence-corrected chi connectivity index (χ0v) is 19.6. The molecule has 3 saturated carbocycles. The summed E-state index contributed by atoms with van der Waals surface area (Å²) in [6.45, 7) is 10.4. The number of hydrogen-bond donors (Lipinski definition) is 1. The van der Waals surface area contributed by atoms with E-state index < -0.39 is 5.60 Å². The molecule has 0 amide bonds. The molecule has 1 N–H and O–H groups in total. The van der Waals surface area contributed by atoms with Gasteiger partial charge in [0.2, 0.25) is 0 Å². The Morgan fingerprint density at radius 3 is 2.57 bits per heavy atom. The lowest BCUT2D eigenvalue weighted by Gasteiger charge is -2.59. The number of likely N-dealkylation sites (tertiary alicyclic amines) is 1. The molecule has 7 unspecified atom stereocenters. The first-order valence-electron chi connectivity index (χ1n) is 12.9. The highest BCUT2D eigenvalue weighted by Crippen LogP contribution is 2.67.